The predicted molar refractivity (Wildman–Crippen MR) is 54.3 cm³/mol. The molecule has 1 fully saturated rings. The standard InChI is InChI=1S/C8H16O2P2/c11-12-7-3-6-10-8-4-1-2-5-9-8/h8,11H,1-7H2. The summed E-state index contributed by atoms with van der Waals surface area (Å²) in [5, 5.41) is 0. The summed E-state index contributed by atoms with van der Waals surface area (Å²) >= 11 is 0. The Morgan fingerprint density at radius 1 is 1.50 bits per heavy atom. The average Bonchev–Trinajstić information content (AvgIpc) is 2.14. The van der Waals surface area contributed by atoms with Crippen molar-refractivity contribution in [3.8, 4) is 0 Å². The van der Waals surface area contributed by atoms with Gasteiger partial charge in [0.25, 0.3) is 0 Å². The first kappa shape index (κ1) is 10.6. The van der Waals surface area contributed by atoms with Gasteiger partial charge in [-0.1, -0.05) is 16.4 Å². The van der Waals surface area contributed by atoms with Crippen LogP contribution in [0.4, 0.5) is 0 Å². The fraction of sp³-hybridized carbons (Fsp3) is 1.00. The van der Waals surface area contributed by atoms with Crippen molar-refractivity contribution in [3.63, 3.8) is 0 Å². The van der Waals surface area contributed by atoms with Crippen molar-refractivity contribution < 1.29 is 9.47 Å². The lowest BCUT2D eigenvalue weighted by atomic mass is 10.2. The van der Waals surface area contributed by atoms with Gasteiger partial charge in [0.05, 0.1) is 6.61 Å². The van der Waals surface area contributed by atoms with E-state index in [4.69, 9.17) is 9.47 Å². The molecule has 70 valence electrons. The molecule has 1 saturated heterocycles. The summed E-state index contributed by atoms with van der Waals surface area (Å²) in [4.78, 5) is 0. The monoisotopic (exact) mass is 206 g/mol. The zero-order chi connectivity index (χ0) is 8.65. The van der Waals surface area contributed by atoms with Crippen LogP contribution in [0, 0.1) is 0 Å². The zero-order valence-electron chi connectivity index (χ0n) is 7.29. The highest BCUT2D eigenvalue weighted by Crippen LogP contribution is 2.14. The summed E-state index contributed by atoms with van der Waals surface area (Å²) in [7, 11) is 4.67. The molecule has 2 nitrogen and oxygen atoms in total. The first-order chi connectivity index (χ1) is 5.93. The molecule has 0 aromatic carbocycles. The molecule has 1 aliphatic rings. The van der Waals surface area contributed by atoms with Crippen molar-refractivity contribution in [1.29, 1.82) is 0 Å². The van der Waals surface area contributed by atoms with Crippen molar-refractivity contribution in [2.45, 2.75) is 32.0 Å². The Morgan fingerprint density at radius 2 is 2.42 bits per heavy atom. The van der Waals surface area contributed by atoms with E-state index in [0.717, 1.165) is 32.2 Å². The molecule has 0 bridgehead atoms. The van der Waals surface area contributed by atoms with Crippen molar-refractivity contribution in [2.75, 3.05) is 19.4 Å². The van der Waals surface area contributed by atoms with Gasteiger partial charge in [0.2, 0.25) is 0 Å². The minimum Gasteiger partial charge on any atom is -0.353 e. The highest BCUT2D eigenvalue weighted by atomic mass is 31.7. The lowest BCUT2D eigenvalue weighted by Crippen LogP contribution is -2.22. The third-order valence-corrected chi connectivity index (χ3v) is 3.07. The normalized spacial score (nSPS) is 24.5. The van der Waals surface area contributed by atoms with Crippen LogP contribution in [0.3, 0.4) is 0 Å². The van der Waals surface area contributed by atoms with E-state index < -0.39 is 0 Å². The van der Waals surface area contributed by atoms with Crippen LogP contribution < -0.4 is 0 Å². The van der Waals surface area contributed by atoms with E-state index in [-0.39, 0.29) is 6.29 Å². The summed E-state index contributed by atoms with van der Waals surface area (Å²) in [6.45, 7) is 1.71. The summed E-state index contributed by atoms with van der Waals surface area (Å²) < 4.78 is 11.0. The Morgan fingerprint density at radius 3 is 3.08 bits per heavy atom. The van der Waals surface area contributed by atoms with Gasteiger partial charge in [-0.05, 0) is 31.8 Å². The van der Waals surface area contributed by atoms with Gasteiger partial charge in [0.15, 0.2) is 6.29 Å². The van der Waals surface area contributed by atoms with Gasteiger partial charge in [0, 0.05) is 6.61 Å². The highest BCUT2D eigenvalue weighted by molar-refractivity contribution is 7.74. The van der Waals surface area contributed by atoms with Gasteiger partial charge < -0.3 is 9.47 Å². The van der Waals surface area contributed by atoms with E-state index >= 15 is 0 Å². The van der Waals surface area contributed by atoms with E-state index in [1.807, 2.05) is 0 Å². The first-order valence-electron chi connectivity index (χ1n) is 4.50. The van der Waals surface area contributed by atoms with Crippen LogP contribution in [-0.2, 0) is 9.47 Å². The summed E-state index contributed by atoms with van der Waals surface area (Å²) in [5.41, 5.74) is 0. The summed E-state index contributed by atoms with van der Waals surface area (Å²) in [5.74, 6) is 0. The molecule has 1 heterocycles. The fourth-order valence-corrected chi connectivity index (χ4v) is 1.96. The third kappa shape index (κ3) is 4.52. The minimum atomic E-state index is 0.0881. The number of rotatable bonds is 5. The highest BCUT2D eigenvalue weighted by Gasteiger charge is 2.12. The molecule has 0 aromatic rings. The van der Waals surface area contributed by atoms with Crippen molar-refractivity contribution >= 4 is 16.4 Å². The third-order valence-electron chi connectivity index (χ3n) is 1.86. The van der Waals surface area contributed by atoms with E-state index in [2.05, 4.69) is 8.53 Å². The molecule has 0 radical (unpaired) electrons. The SMILES string of the molecule is P=PCCCOC1CCCCO1. The Hall–Kier alpha value is 0.520. The van der Waals surface area contributed by atoms with Crippen LogP contribution in [0.1, 0.15) is 25.7 Å². The molecule has 1 aliphatic heterocycles. The second-order valence-corrected chi connectivity index (χ2v) is 4.61. The van der Waals surface area contributed by atoms with Gasteiger partial charge in [-0.2, -0.15) is 0 Å². The van der Waals surface area contributed by atoms with Crippen molar-refractivity contribution in [3.05, 3.63) is 0 Å². The predicted octanol–water partition coefficient (Wildman–Crippen LogP) is 2.92. The number of hydrogen-bond donors (Lipinski definition) is 0. The molecule has 0 spiro atoms. The topological polar surface area (TPSA) is 18.5 Å². The Kier molecular flexibility index (Phi) is 6.16. The van der Waals surface area contributed by atoms with Gasteiger partial charge in [-0.25, -0.2) is 0 Å². The summed E-state index contributed by atoms with van der Waals surface area (Å²) in [6.07, 6.45) is 5.88. The van der Waals surface area contributed by atoms with E-state index in [1.165, 1.54) is 20.7 Å². The maximum absolute atomic E-state index is 5.54. The largest absolute Gasteiger partial charge is 0.353 e. The lowest BCUT2D eigenvalue weighted by molar-refractivity contribution is -0.162. The molecule has 1 unspecified atom stereocenters. The van der Waals surface area contributed by atoms with Crippen molar-refractivity contribution in [2.24, 2.45) is 0 Å². The van der Waals surface area contributed by atoms with Crippen LogP contribution >= 0.6 is 16.4 Å². The van der Waals surface area contributed by atoms with E-state index in [9.17, 15) is 0 Å². The Labute approximate surface area is 77.9 Å². The minimum absolute atomic E-state index is 0.0881. The van der Waals surface area contributed by atoms with E-state index in [1.54, 1.807) is 0 Å². The van der Waals surface area contributed by atoms with Crippen molar-refractivity contribution in [1.82, 2.24) is 0 Å². The van der Waals surface area contributed by atoms with Gasteiger partial charge in [-0.3, -0.25) is 0 Å². The van der Waals surface area contributed by atoms with Gasteiger partial charge in [0.1, 0.15) is 0 Å². The molecule has 0 amide bonds. The molecule has 0 aromatic heterocycles. The van der Waals surface area contributed by atoms with Crippen LogP contribution in [0.5, 0.6) is 0 Å². The molecule has 0 aliphatic carbocycles. The molecule has 12 heavy (non-hydrogen) atoms. The first-order valence-corrected chi connectivity index (χ1v) is 6.92. The van der Waals surface area contributed by atoms with Crippen LogP contribution in [0.15, 0.2) is 0 Å². The fourth-order valence-electron chi connectivity index (χ4n) is 1.20. The number of ether oxygens (including phenoxy) is 2. The molecule has 0 saturated carbocycles. The quantitative estimate of drug-likeness (QED) is 0.508. The average molecular weight is 206 g/mol. The second-order valence-electron chi connectivity index (χ2n) is 2.90. The zero-order valence-corrected chi connectivity index (χ0v) is 9.19. The van der Waals surface area contributed by atoms with E-state index in [0.29, 0.717) is 0 Å². The maximum Gasteiger partial charge on any atom is 0.157 e. The molecule has 4 heteroatoms. The molecular weight excluding hydrogens is 190 g/mol. The Bertz CT molecular complexity index is 124. The lowest BCUT2D eigenvalue weighted by Gasteiger charge is -2.22. The molecular formula is C8H16O2P2. The number of hydrogen-bond acceptors (Lipinski definition) is 2. The summed E-state index contributed by atoms with van der Waals surface area (Å²) in [6, 6.07) is 0. The van der Waals surface area contributed by atoms with Crippen LogP contribution in [0.25, 0.3) is 0 Å². The second kappa shape index (κ2) is 6.97. The molecule has 0 N–H and O–H groups in total. The van der Waals surface area contributed by atoms with Crippen LogP contribution in [0.2, 0.25) is 0 Å². The molecule has 1 atom stereocenters. The van der Waals surface area contributed by atoms with Gasteiger partial charge in [-0.15, -0.1) is 0 Å². The smallest absolute Gasteiger partial charge is 0.157 e. The van der Waals surface area contributed by atoms with Gasteiger partial charge >= 0.3 is 0 Å². The Balaban J connectivity index is 1.94. The maximum atomic E-state index is 5.54. The molecule has 1 rings (SSSR count). The van der Waals surface area contributed by atoms with Crippen LogP contribution in [-0.4, -0.2) is 25.7 Å².